The Balaban J connectivity index is 1.49. The van der Waals surface area contributed by atoms with E-state index in [-0.39, 0.29) is 11.9 Å². The Kier molecular flexibility index (Phi) is 5.91. The molecule has 1 atom stereocenters. The fourth-order valence-electron chi connectivity index (χ4n) is 4.65. The molecule has 6 nitrogen and oxygen atoms in total. The number of pyridine rings is 1. The van der Waals surface area contributed by atoms with Gasteiger partial charge in [-0.3, -0.25) is 9.78 Å². The van der Waals surface area contributed by atoms with Gasteiger partial charge in [-0.15, -0.1) is 0 Å². The van der Waals surface area contributed by atoms with Crippen molar-refractivity contribution in [2.45, 2.75) is 19.4 Å². The van der Waals surface area contributed by atoms with Gasteiger partial charge in [0.25, 0.3) is 5.91 Å². The van der Waals surface area contributed by atoms with E-state index >= 15 is 0 Å². The highest BCUT2D eigenvalue weighted by atomic mass is 16.2. The van der Waals surface area contributed by atoms with E-state index in [9.17, 15) is 4.79 Å². The van der Waals surface area contributed by atoms with E-state index < -0.39 is 0 Å². The Labute approximate surface area is 215 Å². The van der Waals surface area contributed by atoms with Gasteiger partial charge in [0.2, 0.25) is 0 Å². The molecule has 1 amide bonds. The van der Waals surface area contributed by atoms with Crippen molar-refractivity contribution in [3.63, 3.8) is 0 Å². The van der Waals surface area contributed by atoms with Crippen molar-refractivity contribution in [3.8, 4) is 16.9 Å². The molecule has 5 aromatic rings. The van der Waals surface area contributed by atoms with Gasteiger partial charge in [-0.1, -0.05) is 78.4 Å². The van der Waals surface area contributed by atoms with Gasteiger partial charge in [-0.25, -0.2) is 9.69 Å². The normalized spacial score (nSPS) is 15.0. The lowest BCUT2D eigenvalue weighted by Gasteiger charge is -2.22. The molecule has 0 bridgehead atoms. The summed E-state index contributed by atoms with van der Waals surface area (Å²) in [5.41, 5.74) is 7.34. The van der Waals surface area contributed by atoms with Crippen molar-refractivity contribution in [1.82, 2.24) is 19.8 Å². The Morgan fingerprint density at radius 2 is 1.49 bits per heavy atom. The monoisotopic (exact) mass is 483 g/mol. The van der Waals surface area contributed by atoms with E-state index in [2.05, 4.69) is 36.2 Å². The van der Waals surface area contributed by atoms with Crippen LogP contribution in [0.25, 0.3) is 16.9 Å². The second-order valence-electron chi connectivity index (χ2n) is 9.10. The molecular formula is C31H25N5O. The summed E-state index contributed by atoms with van der Waals surface area (Å²) < 4.78 is 1.89. The lowest BCUT2D eigenvalue weighted by Crippen LogP contribution is -2.27. The van der Waals surface area contributed by atoms with Crippen molar-refractivity contribution < 1.29 is 4.79 Å². The van der Waals surface area contributed by atoms with Crippen LogP contribution in [-0.4, -0.2) is 31.4 Å². The summed E-state index contributed by atoms with van der Waals surface area (Å²) in [6.07, 6.45) is 5.88. The van der Waals surface area contributed by atoms with Gasteiger partial charge in [0.15, 0.2) is 0 Å². The van der Waals surface area contributed by atoms with Gasteiger partial charge in [0.05, 0.1) is 23.1 Å². The summed E-state index contributed by atoms with van der Waals surface area (Å²) in [5.74, 6) is -0.166. The zero-order valence-corrected chi connectivity index (χ0v) is 20.4. The predicted molar refractivity (Wildman–Crippen MR) is 144 cm³/mol. The molecule has 0 spiro atoms. The molecule has 6 rings (SSSR count). The smallest absolute Gasteiger partial charge is 0.267 e. The van der Waals surface area contributed by atoms with Crippen LogP contribution in [0.5, 0.6) is 0 Å². The number of amides is 1. The first-order chi connectivity index (χ1) is 18.2. The summed E-state index contributed by atoms with van der Waals surface area (Å²) in [4.78, 5) is 17.8. The van der Waals surface area contributed by atoms with Gasteiger partial charge < -0.3 is 0 Å². The standard InChI is InChI=1S/C31H25N5O/c1-22-12-14-24(15-13-22)30-27(21-35(34-30)26-10-6-3-7-11-26)29-20-28(23-8-4-2-5-9-23)33-36(29)31(37)25-16-18-32-19-17-25/h2-19,21,29H,20H2,1H3. The second kappa shape index (κ2) is 9.66. The first kappa shape index (κ1) is 22.6. The van der Waals surface area contributed by atoms with Crippen molar-refractivity contribution >= 4 is 11.6 Å². The van der Waals surface area contributed by atoms with Crippen LogP contribution in [0.15, 0.2) is 121 Å². The van der Waals surface area contributed by atoms with Crippen LogP contribution < -0.4 is 0 Å². The molecule has 1 aliphatic rings. The topological polar surface area (TPSA) is 63.4 Å². The van der Waals surface area contributed by atoms with Gasteiger partial charge in [0.1, 0.15) is 0 Å². The van der Waals surface area contributed by atoms with E-state index in [1.165, 1.54) is 5.56 Å². The number of carbonyl (C=O) groups is 1. The maximum atomic E-state index is 13.7. The minimum absolute atomic E-state index is 0.166. The molecule has 1 aliphatic heterocycles. The van der Waals surface area contributed by atoms with Gasteiger partial charge in [0, 0.05) is 41.7 Å². The molecule has 2 aromatic heterocycles. The maximum absolute atomic E-state index is 13.7. The van der Waals surface area contributed by atoms with E-state index in [1.807, 2.05) is 71.5 Å². The fraction of sp³-hybridized carbons (Fsp3) is 0.0968. The molecule has 0 aliphatic carbocycles. The third-order valence-electron chi connectivity index (χ3n) is 6.60. The number of aromatic nitrogens is 3. The van der Waals surface area contributed by atoms with Gasteiger partial charge in [-0.2, -0.15) is 10.2 Å². The molecule has 0 saturated heterocycles. The van der Waals surface area contributed by atoms with Crippen LogP contribution in [0.1, 0.15) is 39.5 Å². The summed E-state index contributed by atoms with van der Waals surface area (Å²) in [5, 5.41) is 11.5. The van der Waals surface area contributed by atoms with Crippen LogP contribution in [0.4, 0.5) is 0 Å². The maximum Gasteiger partial charge on any atom is 0.274 e. The molecule has 0 fully saturated rings. The Morgan fingerprint density at radius 1 is 0.811 bits per heavy atom. The van der Waals surface area contributed by atoms with Crippen molar-refractivity contribution in [2.75, 3.05) is 0 Å². The number of hydrazone groups is 1. The summed E-state index contributed by atoms with van der Waals surface area (Å²) in [6.45, 7) is 2.07. The highest BCUT2D eigenvalue weighted by molar-refractivity contribution is 6.05. The molecule has 180 valence electrons. The lowest BCUT2D eigenvalue weighted by atomic mass is 9.96. The number of hydrogen-bond acceptors (Lipinski definition) is 4. The number of nitrogens with zero attached hydrogens (tertiary/aromatic N) is 5. The van der Waals surface area contributed by atoms with E-state index in [0.29, 0.717) is 12.0 Å². The summed E-state index contributed by atoms with van der Waals surface area (Å²) >= 11 is 0. The average Bonchev–Trinajstić information content (AvgIpc) is 3.60. The number of para-hydroxylation sites is 1. The van der Waals surface area contributed by atoms with Crippen LogP contribution in [0.2, 0.25) is 0 Å². The highest BCUT2D eigenvalue weighted by Gasteiger charge is 2.36. The van der Waals surface area contributed by atoms with Crippen LogP contribution in [0.3, 0.4) is 0 Å². The quantitative estimate of drug-likeness (QED) is 0.297. The largest absolute Gasteiger partial charge is 0.274 e. The average molecular weight is 484 g/mol. The second-order valence-corrected chi connectivity index (χ2v) is 9.10. The zero-order chi connectivity index (χ0) is 25.2. The van der Waals surface area contributed by atoms with Crippen molar-refractivity contribution in [3.05, 3.63) is 138 Å². The van der Waals surface area contributed by atoms with Gasteiger partial charge in [-0.05, 0) is 36.8 Å². The zero-order valence-electron chi connectivity index (χ0n) is 20.4. The molecule has 0 saturated carbocycles. The molecule has 37 heavy (non-hydrogen) atoms. The predicted octanol–water partition coefficient (Wildman–Crippen LogP) is 6.23. The Hall–Kier alpha value is -4.84. The van der Waals surface area contributed by atoms with E-state index in [0.717, 1.165) is 33.8 Å². The summed E-state index contributed by atoms with van der Waals surface area (Å²) in [6, 6.07) is 31.5. The highest BCUT2D eigenvalue weighted by Crippen LogP contribution is 2.39. The van der Waals surface area contributed by atoms with Crippen LogP contribution in [0, 0.1) is 6.92 Å². The number of rotatable bonds is 5. The molecular weight excluding hydrogens is 458 g/mol. The molecule has 1 unspecified atom stereocenters. The lowest BCUT2D eigenvalue weighted by molar-refractivity contribution is 0.0711. The first-order valence-electron chi connectivity index (χ1n) is 12.3. The minimum atomic E-state index is -0.315. The molecule has 6 heteroatoms. The van der Waals surface area contributed by atoms with Crippen molar-refractivity contribution in [2.24, 2.45) is 5.10 Å². The molecule has 3 aromatic carbocycles. The number of aryl methyl sites for hydroxylation is 1. The number of hydrogen-bond donors (Lipinski definition) is 0. The number of carbonyl (C=O) groups excluding carboxylic acids is 1. The Bertz CT molecular complexity index is 1560. The third kappa shape index (κ3) is 4.45. The molecule has 0 N–H and O–H groups in total. The Morgan fingerprint density at radius 3 is 2.19 bits per heavy atom. The minimum Gasteiger partial charge on any atom is -0.267 e. The first-order valence-corrected chi connectivity index (χ1v) is 12.3. The molecule has 0 radical (unpaired) electrons. The fourth-order valence-corrected chi connectivity index (χ4v) is 4.65. The number of benzene rings is 3. The van der Waals surface area contributed by atoms with Gasteiger partial charge >= 0.3 is 0 Å². The van der Waals surface area contributed by atoms with E-state index in [1.54, 1.807) is 29.5 Å². The van der Waals surface area contributed by atoms with Crippen molar-refractivity contribution in [1.29, 1.82) is 0 Å². The summed E-state index contributed by atoms with van der Waals surface area (Å²) in [7, 11) is 0. The SMILES string of the molecule is Cc1ccc(-c2nn(-c3ccccc3)cc2C2CC(c3ccccc3)=NN2C(=O)c2ccncc2)cc1. The van der Waals surface area contributed by atoms with E-state index in [4.69, 9.17) is 10.2 Å². The molecule has 3 heterocycles. The third-order valence-corrected chi connectivity index (χ3v) is 6.60. The van der Waals surface area contributed by atoms with Crippen LogP contribution >= 0.6 is 0 Å². The van der Waals surface area contributed by atoms with Crippen LogP contribution in [-0.2, 0) is 0 Å².